The van der Waals surface area contributed by atoms with E-state index in [0.29, 0.717) is 0 Å². The number of fused-ring (bicyclic) bond motifs is 1. The van der Waals surface area contributed by atoms with Crippen LogP contribution in [0.15, 0.2) is 71.8 Å². The SMILES string of the molecule is CCC1=C(C2=CC=CC2)c2c(-c3ccccc3)c(=[Si](C)C)ccc2=[C]1[Zr]([Cl])[Cl]. The number of hydrogen-bond donors (Lipinski definition) is 0. The molecule has 0 heterocycles. The number of halogens is 2. The summed E-state index contributed by atoms with van der Waals surface area (Å²) in [5.41, 5.74) is 8.28. The van der Waals surface area contributed by atoms with Crippen molar-refractivity contribution < 1.29 is 19.4 Å². The Hall–Kier alpha value is -0.790. The molecule has 0 aliphatic heterocycles. The van der Waals surface area contributed by atoms with Crippen LogP contribution in [0.5, 0.6) is 0 Å². The molecule has 2 aromatic carbocycles. The summed E-state index contributed by atoms with van der Waals surface area (Å²) in [7, 11) is 12.8. The molecule has 2 aliphatic carbocycles. The Bertz CT molecular complexity index is 1150. The van der Waals surface area contributed by atoms with Gasteiger partial charge in [0.05, 0.1) is 0 Å². The fourth-order valence-electron chi connectivity index (χ4n) is 4.39. The topological polar surface area (TPSA) is 0 Å². The van der Waals surface area contributed by atoms with Crippen LogP contribution in [0.25, 0.3) is 20.0 Å². The van der Waals surface area contributed by atoms with Gasteiger partial charge in [0.15, 0.2) is 0 Å². The van der Waals surface area contributed by atoms with Crippen molar-refractivity contribution in [1.29, 1.82) is 0 Å². The number of hydrogen-bond acceptors (Lipinski definition) is 0. The van der Waals surface area contributed by atoms with Gasteiger partial charge < -0.3 is 0 Å². The van der Waals surface area contributed by atoms with Crippen LogP contribution in [0.1, 0.15) is 25.3 Å². The van der Waals surface area contributed by atoms with Gasteiger partial charge in [0.25, 0.3) is 0 Å². The minimum absolute atomic E-state index is 0.634. The Morgan fingerprint density at radius 2 is 1.75 bits per heavy atom. The van der Waals surface area contributed by atoms with Gasteiger partial charge in [-0.1, -0.05) is 0 Å². The molecule has 0 radical (unpaired) electrons. The van der Waals surface area contributed by atoms with Gasteiger partial charge in [-0.2, -0.15) is 0 Å². The number of allylic oxidation sites excluding steroid dienone is 6. The van der Waals surface area contributed by atoms with Gasteiger partial charge in [-0.3, -0.25) is 0 Å². The van der Waals surface area contributed by atoms with Gasteiger partial charge in [0.2, 0.25) is 0 Å². The first-order valence-corrected chi connectivity index (χ1v) is 19.8. The number of rotatable bonds is 4. The second-order valence-corrected chi connectivity index (χ2v) is 18.1. The summed E-state index contributed by atoms with van der Waals surface area (Å²) < 4.78 is 1.29. The fourth-order valence-corrected chi connectivity index (χ4v) is 10.4. The first-order chi connectivity index (χ1) is 13.5. The van der Waals surface area contributed by atoms with Crippen LogP contribution >= 0.6 is 17.0 Å². The molecule has 4 rings (SSSR count). The van der Waals surface area contributed by atoms with Gasteiger partial charge in [0.1, 0.15) is 0 Å². The fraction of sp³-hybridized carbons (Fsp3) is 0.208. The van der Waals surface area contributed by atoms with Crippen LogP contribution in [0.4, 0.5) is 0 Å². The summed E-state index contributed by atoms with van der Waals surface area (Å²) in [4.78, 5) is 1.49. The van der Waals surface area contributed by atoms with Crippen LogP contribution in [0, 0.1) is 4.81 Å². The molecule has 28 heavy (non-hydrogen) atoms. The van der Waals surface area contributed by atoms with Crippen molar-refractivity contribution >= 4 is 34.3 Å². The van der Waals surface area contributed by atoms with Crippen molar-refractivity contribution in [2.24, 2.45) is 0 Å². The Morgan fingerprint density at radius 1 is 1.00 bits per heavy atom. The van der Waals surface area contributed by atoms with E-state index in [9.17, 15) is 0 Å². The van der Waals surface area contributed by atoms with Gasteiger partial charge >= 0.3 is 185 Å². The second kappa shape index (κ2) is 8.52. The molecule has 0 saturated heterocycles. The Kier molecular flexibility index (Phi) is 6.23. The van der Waals surface area contributed by atoms with Crippen molar-refractivity contribution in [2.75, 3.05) is 0 Å². The molecule has 0 N–H and O–H groups in total. The molecule has 2 aromatic rings. The van der Waals surface area contributed by atoms with Crippen molar-refractivity contribution in [3.8, 4) is 11.1 Å². The first-order valence-electron chi connectivity index (χ1n) is 9.73. The summed E-state index contributed by atoms with van der Waals surface area (Å²) >= 11 is -2.62. The maximum atomic E-state index is 6.72. The molecule has 0 bridgehead atoms. The molecule has 0 amide bonds. The molecule has 0 spiro atoms. The predicted octanol–water partition coefficient (Wildman–Crippen LogP) is 7.04. The summed E-state index contributed by atoms with van der Waals surface area (Å²) in [5.74, 6) is 0. The summed E-state index contributed by atoms with van der Waals surface area (Å²) in [6.07, 6.45) is 8.65. The molecule has 141 valence electrons. The van der Waals surface area contributed by atoms with Crippen LogP contribution in [-0.4, -0.2) is 8.41 Å². The molecular weight excluding hydrogens is 478 g/mol. The van der Waals surface area contributed by atoms with E-state index < -0.39 is 27.8 Å². The van der Waals surface area contributed by atoms with Crippen LogP contribution in [0.3, 0.4) is 0 Å². The van der Waals surface area contributed by atoms with E-state index in [-0.39, 0.29) is 0 Å². The Labute approximate surface area is 183 Å². The zero-order chi connectivity index (χ0) is 19.8. The Balaban J connectivity index is 2.20. The van der Waals surface area contributed by atoms with Crippen molar-refractivity contribution in [2.45, 2.75) is 32.9 Å². The second-order valence-electron chi connectivity index (χ2n) is 7.44. The van der Waals surface area contributed by atoms with E-state index >= 15 is 0 Å². The van der Waals surface area contributed by atoms with Gasteiger partial charge in [-0.05, 0) is 0 Å². The molecular formula is C24H23Cl2SiZr. The zero-order valence-electron chi connectivity index (χ0n) is 16.4. The van der Waals surface area contributed by atoms with Crippen molar-refractivity contribution in [3.63, 3.8) is 0 Å². The third-order valence-electron chi connectivity index (χ3n) is 5.56. The van der Waals surface area contributed by atoms with E-state index in [1.54, 1.807) is 0 Å². The normalized spacial score (nSPS) is 15.2. The third-order valence-corrected chi connectivity index (χ3v) is 11.6. The monoisotopic (exact) mass is 499 g/mol. The van der Waals surface area contributed by atoms with Crippen molar-refractivity contribution in [1.82, 2.24) is 0 Å². The molecule has 0 nitrogen and oxygen atoms in total. The van der Waals surface area contributed by atoms with E-state index in [2.05, 4.69) is 80.7 Å². The molecule has 0 atom stereocenters. The van der Waals surface area contributed by atoms with Gasteiger partial charge in [-0.25, -0.2) is 0 Å². The first kappa shape index (κ1) is 20.5. The van der Waals surface area contributed by atoms with Crippen LogP contribution < -0.4 is 5.22 Å². The molecule has 2 aliphatic rings. The third kappa shape index (κ3) is 3.47. The Morgan fingerprint density at radius 3 is 2.32 bits per heavy atom. The molecule has 0 fully saturated rings. The average molecular weight is 502 g/mol. The van der Waals surface area contributed by atoms with Gasteiger partial charge in [-0.15, -0.1) is 0 Å². The van der Waals surface area contributed by atoms with Gasteiger partial charge in [0, 0.05) is 0 Å². The predicted molar refractivity (Wildman–Crippen MR) is 122 cm³/mol. The van der Waals surface area contributed by atoms with Crippen LogP contribution in [-0.2, 0) is 19.4 Å². The van der Waals surface area contributed by atoms with E-state index in [1.807, 2.05) is 0 Å². The standard InChI is InChI=1S/C24H23Si.2ClH.Zr/c1-4-17-16-20-14-15-21(25(2)3)23(19-10-6-5-7-11-19)24(20)22(17)18-12-8-9-13-18;;;/h5-12,14-15H,4,13H2,1-3H3;2*1H;/q;;;+2/p-2. The summed E-state index contributed by atoms with van der Waals surface area (Å²) in [5, 5.41) is 1.30. The molecule has 0 aromatic heterocycles. The average Bonchev–Trinajstić information content (AvgIpc) is 3.32. The molecule has 0 unspecified atom stereocenters. The van der Waals surface area contributed by atoms with Crippen LogP contribution in [0.2, 0.25) is 13.1 Å². The van der Waals surface area contributed by atoms with E-state index in [0.717, 1.165) is 12.8 Å². The van der Waals surface area contributed by atoms with E-state index in [4.69, 9.17) is 17.0 Å². The quantitative estimate of drug-likeness (QED) is 0.394. The molecule has 0 saturated carbocycles. The summed E-state index contributed by atoms with van der Waals surface area (Å²) in [6, 6.07) is 15.5. The van der Waals surface area contributed by atoms with E-state index in [1.165, 1.54) is 46.7 Å². The minimum atomic E-state index is -2.62. The number of benzene rings is 2. The zero-order valence-corrected chi connectivity index (χ0v) is 21.4. The van der Waals surface area contributed by atoms with Crippen molar-refractivity contribution in [3.05, 3.63) is 87.4 Å². The maximum absolute atomic E-state index is 6.72. The summed E-state index contributed by atoms with van der Waals surface area (Å²) in [6.45, 7) is 6.99. The molecule has 4 heteroatoms.